The number of H-pyrrole nitrogens is 1. The molecule has 1 heterocycles. The standard InChI is InChI=1S/C22H25N3O3/c1-2-13-28-18-9-5-8-17(14-18)21(26)23-11-6-12-24-22(27)20-15-16-7-3-4-10-19(16)25-20/h3-5,7-10,14-15,25H,2,6,11-13H2,1H3,(H,23,26)(H,24,27). The van der Waals surface area contributed by atoms with E-state index >= 15 is 0 Å². The lowest BCUT2D eigenvalue weighted by atomic mass is 10.2. The largest absolute Gasteiger partial charge is 0.494 e. The Morgan fingerprint density at radius 1 is 0.964 bits per heavy atom. The first-order valence-electron chi connectivity index (χ1n) is 9.54. The van der Waals surface area contributed by atoms with Crippen molar-refractivity contribution >= 4 is 22.7 Å². The molecule has 3 rings (SSSR count). The first-order chi connectivity index (χ1) is 13.7. The molecule has 1 aromatic heterocycles. The third-order valence-corrected chi connectivity index (χ3v) is 4.27. The Hall–Kier alpha value is -3.28. The number of aromatic amines is 1. The highest BCUT2D eigenvalue weighted by Crippen LogP contribution is 2.15. The molecule has 2 amide bonds. The second-order valence-corrected chi connectivity index (χ2v) is 6.51. The Labute approximate surface area is 164 Å². The number of hydrogen-bond acceptors (Lipinski definition) is 3. The molecule has 0 bridgehead atoms. The minimum atomic E-state index is -0.150. The van der Waals surface area contributed by atoms with Crippen molar-refractivity contribution in [3.8, 4) is 5.75 Å². The topological polar surface area (TPSA) is 83.2 Å². The molecule has 0 aliphatic heterocycles. The fraction of sp³-hybridized carbons (Fsp3) is 0.273. The highest BCUT2D eigenvalue weighted by Gasteiger charge is 2.09. The smallest absolute Gasteiger partial charge is 0.267 e. The number of benzene rings is 2. The summed E-state index contributed by atoms with van der Waals surface area (Å²) >= 11 is 0. The molecular weight excluding hydrogens is 354 g/mol. The van der Waals surface area contributed by atoms with Gasteiger partial charge in [0, 0.05) is 29.6 Å². The Morgan fingerprint density at radius 3 is 2.54 bits per heavy atom. The lowest BCUT2D eigenvalue weighted by Crippen LogP contribution is -2.30. The first kappa shape index (κ1) is 19.5. The summed E-state index contributed by atoms with van der Waals surface area (Å²) in [5.74, 6) is 0.396. The van der Waals surface area contributed by atoms with Crippen LogP contribution in [0.2, 0.25) is 0 Å². The van der Waals surface area contributed by atoms with Crippen molar-refractivity contribution in [3.05, 3.63) is 65.9 Å². The third kappa shape index (κ3) is 5.13. The van der Waals surface area contributed by atoms with E-state index in [1.165, 1.54) is 0 Å². The minimum Gasteiger partial charge on any atom is -0.494 e. The van der Waals surface area contributed by atoms with Crippen molar-refractivity contribution in [2.45, 2.75) is 19.8 Å². The van der Waals surface area contributed by atoms with Crippen LogP contribution in [0.15, 0.2) is 54.6 Å². The second kappa shape index (κ2) is 9.60. The van der Waals surface area contributed by atoms with Crippen molar-refractivity contribution in [1.29, 1.82) is 0 Å². The van der Waals surface area contributed by atoms with Gasteiger partial charge in [0.1, 0.15) is 11.4 Å². The summed E-state index contributed by atoms with van der Waals surface area (Å²) in [5.41, 5.74) is 2.04. The lowest BCUT2D eigenvalue weighted by Gasteiger charge is -2.08. The fourth-order valence-electron chi connectivity index (χ4n) is 2.83. The van der Waals surface area contributed by atoms with E-state index in [1.54, 1.807) is 18.2 Å². The molecule has 0 radical (unpaired) electrons. The summed E-state index contributed by atoms with van der Waals surface area (Å²) in [6.07, 6.45) is 1.56. The molecular formula is C22H25N3O3. The van der Waals surface area contributed by atoms with E-state index in [1.807, 2.05) is 43.3 Å². The van der Waals surface area contributed by atoms with Crippen LogP contribution in [0.5, 0.6) is 5.75 Å². The van der Waals surface area contributed by atoms with Crippen LogP contribution >= 0.6 is 0 Å². The number of carbonyl (C=O) groups excluding carboxylic acids is 2. The molecule has 146 valence electrons. The predicted molar refractivity (Wildman–Crippen MR) is 110 cm³/mol. The van der Waals surface area contributed by atoms with Crippen LogP contribution in [0.1, 0.15) is 40.6 Å². The van der Waals surface area contributed by atoms with E-state index in [4.69, 9.17) is 4.74 Å². The van der Waals surface area contributed by atoms with Crippen molar-refractivity contribution in [2.24, 2.45) is 0 Å². The Bertz CT molecular complexity index is 916. The van der Waals surface area contributed by atoms with Crippen molar-refractivity contribution < 1.29 is 14.3 Å². The van der Waals surface area contributed by atoms with Crippen LogP contribution in [0.4, 0.5) is 0 Å². The maximum atomic E-state index is 12.2. The van der Waals surface area contributed by atoms with E-state index in [2.05, 4.69) is 15.6 Å². The molecule has 3 N–H and O–H groups in total. The number of nitrogens with one attached hydrogen (secondary N) is 3. The van der Waals surface area contributed by atoms with Gasteiger partial charge in [-0.2, -0.15) is 0 Å². The normalized spacial score (nSPS) is 10.6. The molecule has 0 fully saturated rings. The molecule has 6 heteroatoms. The number of amides is 2. The average Bonchev–Trinajstić information content (AvgIpc) is 3.16. The molecule has 0 aliphatic rings. The van der Waals surface area contributed by atoms with Crippen LogP contribution < -0.4 is 15.4 Å². The number of carbonyl (C=O) groups is 2. The highest BCUT2D eigenvalue weighted by atomic mass is 16.5. The predicted octanol–water partition coefficient (Wildman–Crippen LogP) is 3.51. The van der Waals surface area contributed by atoms with Crippen LogP contribution in [0, 0.1) is 0 Å². The lowest BCUT2D eigenvalue weighted by molar-refractivity contribution is 0.0948. The number of hydrogen-bond donors (Lipinski definition) is 3. The van der Waals surface area contributed by atoms with E-state index in [9.17, 15) is 9.59 Å². The van der Waals surface area contributed by atoms with Gasteiger partial charge in [0.05, 0.1) is 6.61 Å². The first-order valence-corrected chi connectivity index (χ1v) is 9.54. The number of aromatic nitrogens is 1. The number of fused-ring (bicyclic) bond motifs is 1. The zero-order valence-electron chi connectivity index (χ0n) is 16.0. The summed E-state index contributed by atoms with van der Waals surface area (Å²) in [6.45, 7) is 3.62. The zero-order valence-corrected chi connectivity index (χ0v) is 16.0. The van der Waals surface area contributed by atoms with Crippen LogP contribution in [-0.4, -0.2) is 36.5 Å². The minimum absolute atomic E-state index is 0.149. The summed E-state index contributed by atoms with van der Waals surface area (Å²) < 4.78 is 5.55. The average molecular weight is 379 g/mol. The SMILES string of the molecule is CCCOc1cccc(C(=O)NCCCNC(=O)c2cc3ccccc3[nH]2)c1. The maximum absolute atomic E-state index is 12.2. The van der Waals surface area contributed by atoms with E-state index in [0.29, 0.717) is 43.1 Å². The van der Waals surface area contributed by atoms with Gasteiger partial charge in [-0.3, -0.25) is 9.59 Å². The summed E-state index contributed by atoms with van der Waals surface area (Å²) in [6, 6.07) is 16.7. The summed E-state index contributed by atoms with van der Waals surface area (Å²) in [7, 11) is 0. The van der Waals surface area contributed by atoms with Gasteiger partial charge in [-0.1, -0.05) is 31.2 Å². The zero-order chi connectivity index (χ0) is 19.8. The van der Waals surface area contributed by atoms with E-state index in [0.717, 1.165) is 17.3 Å². The molecule has 0 saturated heterocycles. The van der Waals surface area contributed by atoms with E-state index in [-0.39, 0.29) is 11.8 Å². The second-order valence-electron chi connectivity index (χ2n) is 6.51. The van der Waals surface area contributed by atoms with Crippen molar-refractivity contribution in [2.75, 3.05) is 19.7 Å². The Morgan fingerprint density at radius 2 is 1.75 bits per heavy atom. The van der Waals surface area contributed by atoms with Gasteiger partial charge in [0.25, 0.3) is 11.8 Å². The molecule has 28 heavy (non-hydrogen) atoms. The Kier molecular flexibility index (Phi) is 6.68. The Balaban J connectivity index is 1.40. The molecule has 0 saturated carbocycles. The third-order valence-electron chi connectivity index (χ3n) is 4.27. The van der Waals surface area contributed by atoms with Crippen molar-refractivity contribution in [3.63, 3.8) is 0 Å². The van der Waals surface area contributed by atoms with Crippen LogP contribution in [0.3, 0.4) is 0 Å². The highest BCUT2D eigenvalue weighted by molar-refractivity contribution is 5.98. The molecule has 0 spiro atoms. The van der Waals surface area contributed by atoms with Gasteiger partial charge in [-0.25, -0.2) is 0 Å². The van der Waals surface area contributed by atoms with Gasteiger partial charge < -0.3 is 20.4 Å². The molecule has 0 aliphatic carbocycles. The van der Waals surface area contributed by atoms with Crippen LogP contribution in [0.25, 0.3) is 10.9 Å². The molecule has 6 nitrogen and oxygen atoms in total. The van der Waals surface area contributed by atoms with Gasteiger partial charge >= 0.3 is 0 Å². The number of ether oxygens (including phenoxy) is 1. The molecule has 2 aromatic carbocycles. The van der Waals surface area contributed by atoms with Crippen LogP contribution in [-0.2, 0) is 0 Å². The molecule has 3 aromatic rings. The van der Waals surface area contributed by atoms with E-state index < -0.39 is 0 Å². The maximum Gasteiger partial charge on any atom is 0.267 e. The van der Waals surface area contributed by atoms with Gasteiger partial charge in [-0.05, 0) is 43.2 Å². The van der Waals surface area contributed by atoms with Gasteiger partial charge in [0.15, 0.2) is 0 Å². The summed E-state index contributed by atoms with van der Waals surface area (Å²) in [4.78, 5) is 27.5. The quantitative estimate of drug-likeness (QED) is 0.498. The molecule has 0 unspecified atom stereocenters. The van der Waals surface area contributed by atoms with Crippen molar-refractivity contribution in [1.82, 2.24) is 15.6 Å². The summed E-state index contributed by atoms with van der Waals surface area (Å²) in [5, 5.41) is 6.73. The monoisotopic (exact) mass is 379 g/mol. The number of rotatable bonds is 9. The number of para-hydroxylation sites is 1. The van der Waals surface area contributed by atoms with Gasteiger partial charge in [0.2, 0.25) is 0 Å². The molecule has 0 atom stereocenters. The van der Waals surface area contributed by atoms with Gasteiger partial charge in [-0.15, -0.1) is 0 Å². The fourth-order valence-corrected chi connectivity index (χ4v) is 2.83.